The maximum Gasteiger partial charge on any atom is 0.306 e. The van der Waals surface area contributed by atoms with Crippen molar-refractivity contribution in [3.63, 3.8) is 0 Å². The van der Waals surface area contributed by atoms with Crippen LogP contribution in [0.25, 0.3) is 0 Å². The van der Waals surface area contributed by atoms with Gasteiger partial charge in [-0.2, -0.15) is 0 Å². The molecule has 0 radical (unpaired) electrons. The van der Waals surface area contributed by atoms with E-state index < -0.39 is 0 Å². The number of fused-ring (bicyclic) bond motifs is 5. The van der Waals surface area contributed by atoms with Crippen molar-refractivity contribution in [3.8, 4) is 0 Å². The van der Waals surface area contributed by atoms with Crippen molar-refractivity contribution in [1.82, 2.24) is 0 Å². The van der Waals surface area contributed by atoms with Gasteiger partial charge in [0, 0.05) is 18.3 Å². The van der Waals surface area contributed by atoms with Crippen molar-refractivity contribution in [2.24, 2.45) is 46.3 Å². The molecule has 0 amide bonds. The SMILES string of the molecule is CC1CC2=CC(=O)CC[C@]2(C)C2C(C)C[C@@]3(C)C(CC[C@@H]3OC(=O)CCC3CCCC3)C12. The monoisotopic (exact) mass is 440 g/mol. The normalized spacial score (nSPS) is 46.2. The molecule has 3 nitrogen and oxygen atoms in total. The molecule has 32 heavy (non-hydrogen) atoms. The summed E-state index contributed by atoms with van der Waals surface area (Å²) in [5, 5.41) is 0. The molecular formula is C29H44O3. The first kappa shape index (κ1) is 22.7. The lowest BCUT2D eigenvalue weighted by Crippen LogP contribution is -2.57. The van der Waals surface area contributed by atoms with E-state index in [1.54, 1.807) is 0 Å². The van der Waals surface area contributed by atoms with Crippen LogP contribution in [-0.2, 0) is 14.3 Å². The molecule has 0 heterocycles. The Kier molecular flexibility index (Phi) is 5.86. The summed E-state index contributed by atoms with van der Waals surface area (Å²) in [5.74, 6) is 4.32. The van der Waals surface area contributed by atoms with Crippen LogP contribution in [0.1, 0.15) is 105 Å². The predicted octanol–water partition coefficient (Wildman–Crippen LogP) is 6.89. The van der Waals surface area contributed by atoms with E-state index in [0.717, 1.165) is 38.0 Å². The Morgan fingerprint density at radius 3 is 2.59 bits per heavy atom. The fourth-order valence-corrected chi connectivity index (χ4v) is 9.56. The van der Waals surface area contributed by atoms with Gasteiger partial charge >= 0.3 is 5.97 Å². The highest BCUT2D eigenvalue weighted by Gasteiger charge is 2.63. The standard InChI is InChI=1S/C29H44O3/c1-18-15-21-16-22(30)13-14-28(21,3)27-19(2)17-29(4)23(26(18)27)10-11-24(29)32-25(31)12-9-20-7-5-6-8-20/h16,18-20,23-24,26-27H,5-15,17H2,1-4H3/t18?,19?,23?,24-,26?,27?,28-,29-/m0/s1. The van der Waals surface area contributed by atoms with Gasteiger partial charge in [-0.05, 0) is 85.5 Å². The van der Waals surface area contributed by atoms with Crippen LogP contribution < -0.4 is 0 Å². The third kappa shape index (κ3) is 3.61. The maximum atomic E-state index is 12.8. The van der Waals surface area contributed by atoms with Crippen molar-refractivity contribution in [2.45, 2.75) is 111 Å². The van der Waals surface area contributed by atoms with Gasteiger partial charge in [-0.15, -0.1) is 0 Å². The molecule has 3 heteroatoms. The van der Waals surface area contributed by atoms with Crippen LogP contribution in [0.4, 0.5) is 0 Å². The molecule has 8 atom stereocenters. The first-order chi connectivity index (χ1) is 15.2. The van der Waals surface area contributed by atoms with Crippen molar-refractivity contribution < 1.29 is 14.3 Å². The molecule has 0 aliphatic heterocycles. The van der Waals surface area contributed by atoms with Gasteiger partial charge in [0.15, 0.2) is 5.78 Å². The summed E-state index contributed by atoms with van der Waals surface area (Å²) in [6.45, 7) is 9.78. The fraction of sp³-hybridized carbons (Fsp3) is 0.862. The minimum Gasteiger partial charge on any atom is -0.462 e. The average molecular weight is 441 g/mol. The number of carbonyl (C=O) groups is 2. The van der Waals surface area contributed by atoms with Crippen LogP contribution in [-0.4, -0.2) is 17.9 Å². The maximum absolute atomic E-state index is 12.8. The van der Waals surface area contributed by atoms with Gasteiger partial charge in [0.05, 0.1) is 0 Å². The van der Waals surface area contributed by atoms with Gasteiger partial charge in [0.1, 0.15) is 6.10 Å². The van der Waals surface area contributed by atoms with Crippen molar-refractivity contribution >= 4 is 11.8 Å². The minimum atomic E-state index is 0.0539. The van der Waals surface area contributed by atoms with Crippen LogP contribution in [0, 0.1) is 46.3 Å². The van der Waals surface area contributed by atoms with Crippen molar-refractivity contribution in [1.29, 1.82) is 0 Å². The second-order valence-corrected chi connectivity index (χ2v) is 12.9. The quantitative estimate of drug-likeness (QED) is 0.447. The van der Waals surface area contributed by atoms with Crippen molar-refractivity contribution in [2.75, 3.05) is 0 Å². The summed E-state index contributed by atoms with van der Waals surface area (Å²) in [4.78, 5) is 25.0. The Morgan fingerprint density at radius 2 is 1.84 bits per heavy atom. The van der Waals surface area contributed by atoms with E-state index in [1.165, 1.54) is 37.7 Å². The molecule has 0 aromatic carbocycles. The summed E-state index contributed by atoms with van der Waals surface area (Å²) in [6.07, 6.45) is 15.2. The smallest absolute Gasteiger partial charge is 0.306 e. The van der Waals surface area contributed by atoms with E-state index in [0.29, 0.717) is 48.2 Å². The summed E-state index contributed by atoms with van der Waals surface area (Å²) in [6, 6.07) is 0. The summed E-state index contributed by atoms with van der Waals surface area (Å²) >= 11 is 0. The van der Waals surface area contributed by atoms with Crippen LogP contribution in [0.5, 0.6) is 0 Å². The fourth-order valence-electron chi connectivity index (χ4n) is 9.56. The number of ether oxygens (including phenoxy) is 1. The van der Waals surface area contributed by atoms with E-state index in [9.17, 15) is 9.59 Å². The van der Waals surface area contributed by atoms with Gasteiger partial charge in [-0.3, -0.25) is 9.59 Å². The molecular weight excluding hydrogens is 396 g/mol. The summed E-state index contributed by atoms with van der Waals surface area (Å²) in [7, 11) is 0. The molecule has 5 aliphatic rings. The Balaban J connectivity index is 1.33. The number of allylic oxidation sites excluding steroid dienone is 1. The lowest BCUT2D eigenvalue weighted by Gasteiger charge is -2.62. The Hall–Kier alpha value is -1.12. The zero-order chi connectivity index (χ0) is 22.7. The molecule has 0 spiro atoms. The second kappa shape index (κ2) is 8.27. The molecule has 0 N–H and O–H groups in total. The van der Waals surface area contributed by atoms with E-state index in [1.807, 2.05) is 6.08 Å². The van der Waals surface area contributed by atoms with Crippen LogP contribution in [0.2, 0.25) is 0 Å². The molecule has 5 rings (SSSR count). The van der Waals surface area contributed by atoms with E-state index in [2.05, 4.69) is 27.7 Å². The largest absolute Gasteiger partial charge is 0.462 e. The first-order valence-corrected chi connectivity index (χ1v) is 13.7. The number of hydrogen-bond acceptors (Lipinski definition) is 3. The van der Waals surface area contributed by atoms with Crippen LogP contribution >= 0.6 is 0 Å². The highest BCUT2D eigenvalue weighted by atomic mass is 16.5. The second-order valence-electron chi connectivity index (χ2n) is 12.9. The summed E-state index contributed by atoms with van der Waals surface area (Å²) in [5.41, 5.74) is 1.73. The number of carbonyl (C=O) groups excluding carboxylic acids is 2. The molecule has 4 saturated carbocycles. The van der Waals surface area contributed by atoms with Gasteiger partial charge < -0.3 is 4.74 Å². The Labute approximate surface area is 195 Å². The van der Waals surface area contributed by atoms with Gasteiger partial charge in [0.2, 0.25) is 0 Å². The molecule has 0 saturated heterocycles. The minimum absolute atomic E-state index is 0.0539. The van der Waals surface area contributed by atoms with Crippen molar-refractivity contribution in [3.05, 3.63) is 11.6 Å². The van der Waals surface area contributed by atoms with Crippen LogP contribution in [0.3, 0.4) is 0 Å². The van der Waals surface area contributed by atoms with Gasteiger partial charge in [-0.1, -0.05) is 59.0 Å². The van der Waals surface area contributed by atoms with Gasteiger partial charge in [-0.25, -0.2) is 0 Å². The Bertz CT molecular complexity index is 792. The number of esters is 1. The zero-order valence-corrected chi connectivity index (χ0v) is 20.8. The van der Waals surface area contributed by atoms with E-state index >= 15 is 0 Å². The zero-order valence-electron chi connectivity index (χ0n) is 20.8. The molecule has 178 valence electrons. The Morgan fingerprint density at radius 1 is 1.09 bits per heavy atom. The lowest BCUT2D eigenvalue weighted by molar-refractivity contribution is -0.166. The molecule has 0 aromatic rings. The summed E-state index contributed by atoms with van der Waals surface area (Å²) < 4.78 is 6.26. The highest BCUT2D eigenvalue weighted by Crippen LogP contribution is 2.68. The lowest BCUT2D eigenvalue weighted by atomic mass is 9.43. The first-order valence-electron chi connectivity index (χ1n) is 13.7. The topological polar surface area (TPSA) is 43.4 Å². The van der Waals surface area contributed by atoms with Crippen LogP contribution in [0.15, 0.2) is 11.6 Å². The average Bonchev–Trinajstić information content (AvgIpc) is 3.36. The highest BCUT2D eigenvalue weighted by molar-refractivity contribution is 5.91. The number of ketones is 1. The third-order valence-corrected chi connectivity index (χ3v) is 11.0. The molecule has 0 aromatic heterocycles. The van der Waals surface area contributed by atoms with E-state index in [4.69, 9.17) is 4.74 Å². The predicted molar refractivity (Wildman–Crippen MR) is 127 cm³/mol. The van der Waals surface area contributed by atoms with E-state index in [-0.39, 0.29) is 22.9 Å². The molecule has 4 fully saturated rings. The number of rotatable bonds is 4. The molecule has 5 unspecified atom stereocenters. The van der Waals surface area contributed by atoms with Gasteiger partial charge in [0.25, 0.3) is 0 Å². The molecule has 0 bridgehead atoms. The number of hydrogen-bond donors (Lipinski definition) is 0. The third-order valence-electron chi connectivity index (χ3n) is 11.0. The molecule has 5 aliphatic carbocycles.